The molecule has 5 nitrogen and oxygen atoms in total. The average molecular weight is 287 g/mol. The van der Waals surface area contributed by atoms with Gasteiger partial charge in [-0.3, -0.25) is 0 Å². The number of allylic oxidation sites excluding steroid dienone is 1. The number of sulfonamides is 1. The Hall–Kier alpha value is -1.02. The Morgan fingerprint density at radius 1 is 1.38 bits per heavy atom. The summed E-state index contributed by atoms with van der Waals surface area (Å²) < 4.78 is 36.5. The van der Waals surface area contributed by atoms with Crippen molar-refractivity contribution in [3.05, 3.63) is 35.4 Å². The van der Waals surface area contributed by atoms with E-state index in [9.17, 15) is 12.3 Å². The average Bonchev–Trinajstić information content (AvgIpc) is 2.17. The van der Waals surface area contributed by atoms with Crippen molar-refractivity contribution in [1.82, 2.24) is 0 Å². The van der Waals surface area contributed by atoms with Gasteiger partial charge in [-0.25, -0.2) is 0 Å². The molecule has 1 aromatic carbocycles. The molecule has 0 fully saturated rings. The summed E-state index contributed by atoms with van der Waals surface area (Å²) in [5, 5.41) is 4.94. The Labute approximate surface area is 98.6 Å². The number of nitrogens with two attached hydrogens (primary N) is 1. The molecule has 1 aromatic rings. The second-order valence-electron chi connectivity index (χ2n) is 3.01. The number of rotatable bonds is 4. The molecule has 0 atom stereocenters. The zero-order valence-corrected chi connectivity index (χ0v) is 10.4. The number of hydrogen-bond donors (Lipinski definition) is 2. The van der Waals surface area contributed by atoms with Crippen LogP contribution in [0.3, 0.4) is 0 Å². The number of anilines is 1. The predicted molar refractivity (Wildman–Crippen MR) is 56.9 cm³/mol. The molecular formula is C9H12CoN2O3S. The number of nitrogens with one attached hydrogen (secondary N) is 1. The van der Waals surface area contributed by atoms with E-state index in [1.54, 1.807) is 6.92 Å². The van der Waals surface area contributed by atoms with Crippen LogP contribution in [0.1, 0.15) is 6.92 Å². The molecule has 0 spiro atoms. The van der Waals surface area contributed by atoms with E-state index < -0.39 is 23.8 Å². The molecule has 16 heavy (non-hydrogen) atoms. The Bertz CT molecular complexity index is 522. The quantitative estimate of drug-likeness (QED) is 0.869. The van der Waals surface area contributed by atoms with Crippen molar-refractivity contribution in [2.75, 3.05) is 4.37 Å². The summed E-state index contributed by atoms with van der Waals surface area (Å²) in [7, 11) is -3.68. The molecule has 0 amide bonds. The van der Waals surface area contributed by atoms with Gasteiger partial charge in [0.25, 0.3) is 0 Å². The third kappa shape index (κ3) is 3.53. The summed E-state index contributed by atoms with van der Waals surface area (Å²) in [5.41, 5.74) is 0.551. The van der Waals surface area contributed by atoms with Crippen molar-refractivity contribution in [2.45, 2.75) is 11.8 Å². The van der Waals surface area contributed by atoms with Gasteiger partial charge in [0.2, 0.25) is 0 Å². The summed E-state index contributed by atoms with van der Waals surface area (Å²) in [6.07, 6.45) is 0. The molecule has 0 bridgehead atoms. The molecule has 0 aromatic heterocycles. The summed E-state index contributed by atoms with van der Waals surface area (Å²) in [6, 6.07) is 5.68. The molecule has 0 aliphatic carbocycles. The van der Waals surface area contributed by atoms with Gasteiger partial charge in [0.05, 0.1) is 0 Å². The fraction of sp³-hybridized carbons (Fsp3) is 0.111. The number of primary sulfonamides is 1. The van der Waals surface area contributed by atoms with Gasteiger partial charge in [0.1, 0.15) is 0 Å². The first-order valence-electron chi connectivity index (χ1n) is 4.17. The van der Waals surface area contributed by atoms with Crippen molar-refractivity contribution >= 4 is 15.7 Å². The summed E-state index contributed by atoms with van der Waals surface area (Å²) >= 11 is -1.71. The summed E-state index contributed by atoms with van der Waals surface area (Å²) in [5.74, 6) is 0. The van der Waals surface area contributed by atoms with Crippen LogP contribution < -0.4 is 9.50 Å². The third-order valence-corrected chi connectivity index (χ3v) is 3.89. The van der Waals surface area contributed by atoms with Crippen LogP contribution in [0.4, 0.5) is 5.69 Å². The maximum absolute atomic E-state index is 11.4. The second-order valence-corrected chi connectivity index (χ2v) is 6.41. The number of hydrogen-bond acceptors (Lipinski definition) is 3. The van der Waals surface area contributed by atoms with Crippen LogP contribution in [-0.2, 0) is 27.7 Å². The molecule has 0 saturated heterocycles. The van der Waals surface area contributed by atoms with Gasteiger partial charge in [-0.1, -0.05) is 0 Å². The maximum atomic E-state index is 11.4. The van der Waals surface area contributed by atoms with Crippen LogP contribution in [0.2, 0.25) is 0 Å². The topological polar surface area (TPSA) is 89.3 Å². The zero-order valence-electron chi connectivity index (χ0n) is 8.56. The normalized spacial score (nSPS) is 12.0. The fourth-order valence-electron chi connectivity index (χ4n) is 0.859. The Kier molecular flexibility index (Phi) is 3.97. The molecule has 91 valence electrons. The molecule has 1 rings (SSSR count). The van der Waals surface area contributed by atoms with Crippen LogP contribution in [-0.4, -0.2) is 8.42 Å². The van der Waals surface area contributed by atoms with Crippen molar-refractivity contribution in [1.29, 1.82) is 0 Å². The molecule has 0 aliphatic rings. The van der Waals surface area contributed by atoms with Crippen molar-refractivity contribution < 1.29 is 26.1 Å². The minimum atomic E-state index is -3.68. The first kappa shape index (κ1) is 13.0. The van der Waals surface area contributed by atoms with Gasteiger partial charge in [-0.15, -0.1) is 0 Å². The van der Waals surface area contributed by atoms with E-state index in [0.29, 0.717) is 10.2 Å². The second kappa shape index (κ2) is 4.87. The van der Waals surface area contributed by atoms with Crippen LogP contribution in [0.25, 0.3) is 0 Å². The Morgan fingerprint density at radius 2 is 1.88 bits per heavy atom. The molecule has 3 N–H and O–H groups in total. The Morgan fingerprint density at radius 3 is 2.25 bits per heavy atom. The van der Waals surface area contributed by atoms with E-state index in [1.807, 2.05) is 0 Å². The first-order valence-corrected chi connectivity index (χ1v) is 7.18. The number of benzene rings is 1. The third-order valence-electron chi connectivity index (χ3n) is 1.61. The van der Waals surface area contributed by atoms with Gasteiger partial charge >= 0.3 is 98.5 Å². The molecular weight excluding hydrogens is 275 g/mol. The van der Waals surface area contributed by atoms with E-state index in [0.717, 1.165) is 0 Å². The summed E-state index contributed by atoms with van der Waals surface area (Å²) in [4.78, 5) is 0.0170. The van der Waals surface area contributed by atoms with E-state index in [2.05, 4.69) is 10.9 Å². The van der Waals surface area contributed by atoms with E-state index in [1.165, 1.54) is 24.3 Å². The predicted octanol–water partition coefficient (Wildman–Crippen LogP) is 1.16. The molecule has 7 heteroatoms. The Balaban J connectivity index is 2.88. The van der Waals surface area contributed by atoms with E-state index >= 15 is 0 Å². The monoisotopic (exact) mass is 287 g/mol. The van der Waals surface area contributed by atoms with Crippen molar-refractivity contribution in [3.8, 4) is 0 Å². The molecule has 0 radical (unpaired) electrons. The first-order chi connectivity index (χ1) is 7.30. The SMILES string of the molecule is C=[C](C)[Co](=[O])[NH]c1ccc(S(N)(=O)=O)cc1. The van der Waals surface area contributed by atoms with E-state index in [-0.39, 0.29) is 4.90 Å². The summed E-state index contributed by atoms with van der Waals surface area (Å²) in [6.45, 7) is 5.19. The molecule has 0 saturated carbocycles. The zero-order chi connectivity index (χ0) is 12.3. The van der Waals surface area contributed by atoms with Crippen molar-refractivity contribution in [2.24, 2.45) is 5.14 Å². The minimum absolute atomic E-state index is 0.0170. The standard InChI is InChI=1S/C6H7N2O2S.C3H5.Co.O/c7-5-1-3-6(4-2-5)11(8,9)10;1-3-2;;/h1-4,7H,(H2,8,9,10);1H2,2H3;;/q-1;;+1;. The van der Waals surface area contributed by atoms with Crippen LogP contribution in [0.15, 0.2) is 40.2 Å². The van der Waals surface area contributed by atoms with Gasteiger partial charge in [0, 0.05) is 0 Å². The molecule has 0 aliphatic heterocycles. The molecule has 0 heterocycles. The molecule has 0 unspecified atom stereocenters. The fourth-order valence-corrected chi connectivity index (χ4v) is 2.04. The van der Waals surface area contributed by atoms with Gasteiger partial charge < -0.3 is 0 Å². The van der Waals surface area contributed by atoms with Crippen LogP contribution >= 0.6 is 0 Å². The van der Waals surface area contributed by atoms with Gasteiger partial charge in [0.15, 0.2) is 0 Å². The van der Waals surface area contributed by atoms with Crippen LogP contribution in [0, 0.1) is 0 Å². The van der Waals surface area contributed by atoms with Gasteiger partial charge in [-0.2, -0.15) is 0 Å². The van der Waals surface area contributed by atoms with Gasteiger partial charge in [-0.05, 0) is 0 Å². The van der Waals surface area contributed by atoms with E-state index in [4.69, 9.17) is 5.14 Å². The van der Waals surface area contributed by atoms with Crippen molar-refractivity contribution in [3.63, 3.8) is 0 Å². The van der Waals surface area contributed by atoms with Crippen LogP contribution in [0.5, 0.6) is 0 Å².